The van der Waals surface area contributed by atoms with Gasteiger partial charge in [0.2, 0.25) is 0 Å². The lowest BCUT2D eigenvalue weighted by Gasteiger charge is -2.35. The molecule has 9 nitrogen and oxygen atoms in total. The first-order valence-corrected chi connectivity index (χ1v) is 10.5. The van der Waals surface area contributed by atoms with E-state index in [4.69, 9.17) is 9.26 Å². The third-order valence-corrected chi connectivity index (χ3v) is 5.68. The molecule has 9 heteroatoms. The third-order valence-electron chi connectivity index (χ3n) is 5.68. The summed E-state index contributed by atoms with van der Waals surface area (Å²) in [6.07, 6.45) is 1.80. The minimum Gasteiger partial charge on any atom is -0.378 e. The van der Waals surface area contributed by atoms with E-state index < -0.39 is 0 Å². The second kappa shape index (κ2) is 8.73. The fraction of sp³-hybridized carbons (Fsp3) is 0.364. The Morgan fingerprint density at radius 3 is 2.45 bits per heavy atom. The van der Waals surface area contributed by atoms with Crippen molar-refractivity contribution in [2.24, 2.45) is 0 Å². The van der Waals surface area contributed by atoms with Gasteiger partial charge in [0.15, 0.2) is 17.3 Å². The van der Waals surface area contributed by atoms with Gasteiger partial charge in [0.1, 0.15) is 0 Å². The molecule has 2 aliphatic heterocycles. The molecule has 0 atom stereocenters. The molecule has 31 heavy (non-hydrogen) atoms. The number of hydrogen-bond acceptors (Lipinski definition) is 8. The molecule has 2 aromatic heterocycles. The monoisotopic (exact) mass is 420 g/mol. The topological polar surface area (TPSA) is 87.8 Å². The molecule has 1 amide bonds. The predicted octanol–water partition coefficient (Wildman–Crippen LogP) is 1.93. The van der Waals surface area contributed by atoms with Gasteiger partial charge in [0.05, 0.1) is 25.1 Å². The number of piperazine rings is 1. The minimum atomic E-state index is -0.112. The smallest absolute Gasteiger partial charge is 0.276 e. The highest BCUT2D eigenvalue weighted by molar-refractivity contribution is 5.93. The molecule has 1 aromatic carbocycles. The van der Waals surface area contributed by atoms with Crippen LogP contribution in [0, 0.1) is 0 Å². The van der Waals surface area contributed by atoms with Crippen molar-refractivity contribution in [1.29, 1.82) is 0 Å². The molecule has 5 rings (SSSR count). The molecule has 2 aliphatic rings. The molecule has 0 bridgehead atoms. The number of aromatic nitrogens is 3. The molecule has 0 saturated carbocycles. The van der Waals surface area contributed by atoms with Gasteiger partial charge in [-0.1, -0.05) is 35.5 Å². The Kier molecular flexibility index (Phi) is 5.49. The number of ether oxygens (including phenoxy) is 1. The molecule has 160 valence electrons. The quantitative estimate of drug-likeness (QED) is 0.633. The van der Waals surface area contributed by atoms with E-state index in [1.54, 1.807) is 12.3 Å². The molecule has 0 radical (unpaired) electrons. The van der Waals surface area contributed by atoms with E-state index in [-0.39, 0.29) is 5.91 Å². The van der Waals surface area contributed by atoms with Crippen LogP contribution in [-0.2, 0) is 4.74 Å². The number of rotatable bonds is 4. The van der Waals surface area contributed by atoms with Crippen LogP contribution in [0.25, 0.3) is 11.3 Å². The van der Waals surface area contributed by atoms with Crippen LogP contribution in [0.3, 0.4) is 0 Å². The third kappa shape index (κ3) is 4.22. The van der Waals surface area contributed by atoms with E-state index >= 15 is 0 Å². The van der Waals surface area contributed by atoms with Crippen molar-refractivity contribution in [3.05, 3.63) is 54.4 Å². The molecule has 0 N–H and O–H groups in total. The van der Waals surface area contributed by atoms with Crippen LogP contribution in [0.1, 0.15) is 10.5 Å². The fourth-order valence-electron chi connectivity index (χ4n) is 3.91. The van der Waals surface area contributed by atoms with Crippen LogP contribution in [0.15, 0.2) is 53.2 Å². The number of benzene rings is 1. The Morgan fingerprint density at radius 1 is 0.903 bits per heavy atom. The summed E-state index contributed by atoms with van der Waals surface area (Å²) in [5.74, 6) is 1.32. The summed E-state index contributed by atoms with van der Waals surface area (Å²) < 4.78 is 10.8. The summed E-state index contributed by atoms with van der Waals surface area (Å²) in [4.78, 5) is 19.1. The van der Waals surface area contributed by atoms with Gasteiger partial charge in [-0.25, -0.2) is 0 Å². The number of carbonyl (C=O) groups excluding carboxylic acids is 1. The lowest BCUT2D eigenvalue weighted by atomic mass is 10.1. The van der Waals surface area contributed by atoms with Crippen LogP contribution in [-0.4, -0.2) is 78.6 Å². The maximum atomic E-state index is 12.9. The molecular formula is C22H24N6O3. The van der Waals surface area contributed by atoms with Crippen molar-refractivity contribution in [1.82, 2.24) is 20.3 Å². The van der Waals surface area contributed by atoms with Gasteiger partial charge < -0.3 is 24.0 Å². The van der Waals surface area contributed by atoms with Crippen LogP contribution in [0.4, 0.5) is 11.5 Å². The summed E-state index contributed by atoms with van der Waals surface area (Å²) >= 11 is 0. The van der Waals surface area contributed by atoms with Gasteiger partial charge >= 0.3 is 0 Å². The molecular weight excluding hydrogens is 396 g/mol. The molecule has 0 spiro atoms. The van der Waals surface area contributed by atoms with Crippen LogP contribution in [0.2, 0.25) is 0 Å². The maximum Gasteiger partial charge on any atom is 0.276 e. The second-order valence-electron chi connectivity index (χ2n) is 7.59. The second-order valence-corrected chi connectivity index (χ2v) is 7.59. The molecule has 0 aliphatic carbocycles. The molecule has 0 unspecified atom stereocenters. The zero-order valence-electron chi connectivity index (χ0n) is 17.2. The van der Waals surface area contributed by atoms with Gasteiger partial charge in [-0.15, -0.1) is 5.10 Å². The van der Waals surface area contributed by atoms with Crippen LogP contribution in [0.5, 0.6) is 0 Å². The fourth-order valence-corrected chi connectivity index (χ4v) is 3.91. The normalized spacial score (nSPS) is 17.1. The number of amides is 1. The Labute approximate surface area is 180 Å². The number of hydrogen-bond donors (Lipinski definition) is 0. The van der Waals surface area contributed by atoms with Gasteiger partial charge in [-0.2, -0.15) is 5.10 Å². The average molecular weight is 420 g/mol. The average Bonchev–Trinajstić information content (AvgIpc) is 3.35. The number of carbonyl (C=O) groups is 1. The first-order chi connectivity index (χ1) is 15.3. The molecule has 2 saturated heterocycles. The zero-order valence-corrected chi connectivity index (χ0v) is 17.2. The summed E-state index contributed by atoms with van der Waals surface area (Å²) in [6, 6.07) is 13.4. The molecule has 3 aromatic rings. The number of anilines is 2. The van der Waals surface area contributed by atoms with Crippen LogP contribution >= 0.6 is 0 Å². The van der Waals surface area contributed by atoms with E-state index in [0.29, 0.717) is 37.6 Å². The molecule has 4 heterocycles. The highest BCUT2D eigenvalue weighted by Gasteiger charge is 2.26. The predicted molar refractivity (Wildman–Crippen MR) is 115 cm³/mol. The Balaban J connectivity index is 1.22. The van der Waals surface area contributed by atoms with E-state index in [9.17, 15) is 4.79 Å². The van der Waals surface area contributed by atoms with Crippen molar-refractivity contribution in [3.63, 3.8) is 0 Å². The van der Waals surface area contributed by atoms with Crippen molar-refractivity contribution >= 4 is 17.4 Å². The molecule has 2 fully saturated rings. The Morgan fingerprint density at radius 2 is 1.68 bits per heavy atom. The number of morpholine rings is 1. The van der Waals surface area contributed by atoms with E-state index in [0.717, 1.165) is 43.4 Å². The lowest BCUT2D eigenvalue weighted by molar-refractivity contribution is 0.0736. The standard InChI is InChI=1S/C22H24N6O3/c29-22(19-15-20(31-25-19)17-4-2-1-3-5-17)28-8-6-27(7-9-28)21-14-18(16-23-24-21)26-10-12-30-13-11-26/h1-5,14-16H,6-13H2. The van der Waals surface area contributed by atoms with Crippen molar-refractivity contribution in [3.8, 4) is 11.3 Å². The van der Waals surface area contributed by atoms with E-state index in [1.165, 1.54) is 0 Å². The Hall–Kier alpha value is -3.46. The van der Waals surface area contributed by atoms with E-state index in [2.05, 4.69) is 31.2 Å². The van der Waals surface area contributed by atoms with Gasteiger partial charge in [0.25, 0.3) is 5.91 Å². The summed E-state index contributed by atoms with van der Waals surface area (Å²) in [7, 11) is 0. The van der Waals surface area contributed by atoms with Crippen LogP contribution < -0.4 is 9.80 Å². The SMILES string of the molecule is O=C(c1cc(-c2ccccc2)on1)N1CCN(c2cc(N3CCOCC3)cnn2)CC1. The maximum absolute atomic E-state index is 12.9. The lowest BCUT2D eigenvalue weighted by Crippen LogP contribution is -2.49. The van der Waals surface area contributed by atoms with Gasteiger partial charge in [-0.05, 0) is 0 Å². The van der Waals surface area contributed by atoms with E-state index in [1.807, 2.05) is 35.2 Å². The summed E-state index contributed by atoms with van der Waals surface area (Å²) in [6.45, 7) is 5.74. The Bertz CT molecular complexity index is 1030. The highest BCUT2D eigenvalue weighted by Crippen LogP contribution is 2.23. The first kappa shape index (κ1) is 19.5. The van der Waals surface area contributed by atoms with Gasteiger partial charge in [-0.3, -0.25) is 4.79 Å². The van der Waals surface area contributed by atoms with Gasteiger partial charge in [0, 0.05) is 57.0 Å². The first-order valence-electron chi connectivity index (χ1n) is 10.5. The number of nitrogens with zero attached hydrogens (tertiary/aromatic N) is 6. The summed E-state index contributed by atoms with van der Waals surface area (Å²) in [5.41, 5.74) is 2.29. The summed E-state index contributed by atoms with van der Waals surface area (Å²) in [5, 5.41) is 12.5. The van der Waals surface area contributed by atoms with Crippen molar-refractivity contribution in [2.75, 3.05) is 62.3 Å². The largest absolute Gasteiger partial charge is 0.378 e. The van der Waals surface area contributed by atoms with Crippen molar-refractivity contribution < 1.29 is 14.1 Å². The van der Waals surface area contributed by atoms with Crippen molar-refractivity contribution in [2.45, 2.75) is 0 Å². The minimum absolute atomic E-state index is 0.112. The highest BCUT2D eigenvalue weighted by atomic mass is 16.5. The zero-order chi connectivity index (χ0) is 21.0.